The molecule has 0 radical (unpaired) electrons. The number of rotatable bonds is 3. The highest BCUT2D eigenvalue weighted by Gasteiger charge is 2.17. The Kier molecular flexibility index (Phi) is 3.86. The molecule has 0 fully saturated rings. The molecule has 1 aromatic carbocycles. The maximum absolute atomic E-state index is 12.2. The molecule has 112 valence electrons. The average Bonchev–Trinajstić information content (AvgIpc) is 2.84. The van der Waals surface area contributed by atoms with Crippen LogP contribution in [0, 0.1) is 13.8 Å². The summed E-state index contributed by atoms with van der Waals surface area (Å²) in [6.45, 7) is 4.11. The van der Waals surface area contributed by atoms with Gasteiger partial charge in [-0.05, 0) is 25.5 Å². The molecule has 0 N–H and O–H groups in total. The van der Waals surface area contributed by atoms with Crippen molar-refractivity contribution in [2.45, 2.75) is 20.4 Å². The van der Waals surface area contributed by atoms with Crippen molar-refractivity contribution in [2.24, 2.45) is 0 Å². The third kappa shape index (κ3) is 2.57. The lowest BCUT2D eigenvalue weighted by atomic mass is 10.1. The molecule has 0 saturated heterocycles. The van der Waals surface area contributed by atoms with Crippen molar-refractivity contribution in [3.8, 4) is 11.1 Å². The van der Waals surface area contributed by atoms with Crippen LogP contribution in [0.2, 0.25) is 5.15 Å². The van der Waals surface area contributed by atoms with E-state index in [1.807, 2.05) is 44.2 Å². The SMILES string of the molecule is Cc1noc(C)c1-c1ccc(=O)n(Cc2ccccc2)c1Cl. The van der Waals surface area contributed by atoms with Crippen LogP contribution >= 0.6 is 11.6 Å². The molecule has 2 heterocycles. The molecule has 0 atom stereocenters. The summed E-state index contributed by atoms with van der Waals surface area (Å²) in [7, 11) is 0. The lowest BCUT2D eigenvalue weighted by Crippen LogP contribution is -2.20. The number of halogens is 1. The van der Waals surface area contributed by atoms with Gasteiger partial charge in [-0.1, -0.05) is 47.1 Å². The van der Waals surface area contributed by atoms with E-state index in [9.17, 15) is 4.79 Å². The molecule has 3 rings (SSSR count). The van der Waals surface area contributed by atoms with Crippen LogP contribution in [0.3, 0.4) is 0 Å². The number of hydrogen-bond acceptors (Lipinski definition) is 3. The van der Waals surface area contributed by atoms with Gasteiger partial charge in [0.2, 0.25) is 0 Å². The summed E-state index contributed by atoms with van der Waals surface area (Å²) >= 11 is 6.49. The molecule has 0 aliphatic carbocycles. The van der Waals surface area contributed by atoms with Gasteiger partial charge in [-0.25, -0.2) is 0 Å². The molecule has 2 aromatic heterocycles. The minimum atomic E-state index is -0.135. The van der Waals surface area contributed by atoms with Crippen LogP contribution in [0.1, 0.15) is 17.0 Å². The summed E-state index contributed by atoms with van der Waals surface area (Å²) in [6.07, 6.45) is 0. The predicted octanol–water partition coefficient (Wildman–Crippen LogP) is 3.82. The molecule has 0 aliphatic rings. The molecule has 0 unspecified atom stereocenters. The molecular weight excluding hydrogens is 300 g/mol. The third-order valence-electron chi connectivity index (χ3n) is 3.60. The van der Waals surface area contributed by atoms with Gasteiger partial charge in [-0.2, -0.15) is 0 Å². The van der Waals surface area contributed by atoms with Crippen molar-refractivity contribution in [3.05, 3.63) is 75.0 Å². The first-order valence-corrected chi connectivity index (χ1v) is 7.32. The summed E-state index contributed by atoms with van der Waals surface area (Å²) < 4.78 is 6.75. The quantitative estimate of drug-likeness (QED) is 0.690. The minimum Gasteiger partial charge on any atom is -0.361 e. The van der Waals surface area contributed by atoms with Gasteiger partial charge in [0, 0.05) is 11.6 Å². The van der Waals surface area contributed by atoms with Gasteiger partial charge < -0.3 is 4.52 Å². The van der Waals surface area contributed by atoms with Crippen molar-refractivity contribution in [1.82, 2.24) is 9.72 Å². The van der Waals surface area contributed by atoms with Gasteiger partial charge in [-0.15, -0.1) is 0 Å². The zero-order valence-corrected chi connectivity index (χ0v) is 13.1. The number of benzene rings is 1. The average molecular weight is 315 g/mol. The van der Waals surface area contributed by atoms with Gasteiger partial charge in [0.05, 0.1) is 17.8 Å². The van der Waals surface area contributed by atoms with E-state index in [1.54, 1.807) is 10.6 Å². The second kappa shape index (κ2) is 5.81. The number of aromatic nitrogens is 2. The van der Waals surface area contributed by atoms with Crippen molar-refractivity contribution < 1.29 is 4.52 Å². The van der Waals surface area contributed by atoms with E-state index in [4.69, 9.17) is 16.1 Å². The number of nitrogens with zero attached hydrogens (tertiary/aromatic N) is 2. The standard InChI is InChI=1S/C17H15ClN2O2/c1-11-16(12(2)22-19-11)14-8-9-15(21)20(17(14)18)10-13-6-4-3-5-7-13/h3-9H,10H2,1-2H3. The Morgan fingerprint density at radius 3 is 2.50 bits per heavy atom. The zero-order chi connectivity index (χ0) is 15.7. The Morgan fingerprint density at radius 1 is 1.14 bits per heavy atom. The lowest BCUT2D eigenvalue weighted by Gasteiger charge is -2.12. The Hall–Kier alpha value is -2.33. The highest BCUT2D eigenvalue weighted by atomic mass is 35.5. The Labute approximate surface area is 133 Å². The smallest absolute Gasteiger partial charge is 0.251 e. The molecule has 22 heavy (non-hydrogen) atoms. The molecule has 3 aromatic rings. The first-order chi connectivity index (χ1) is 10.6. The molecule has 0 saturated carbocycles. The van der Waals surface area contributed by atoms with Crippen molar-refractivity contribution >= 4 is 11.6 Å². The first-order valence-electron chi connectivity index (χ1n) is 6.94. The normalized spacial score (nSPS) is 10.9. The van der Waals surface area contributed by atoms with E-state index >= 15 is 0 Å². The topological polar surface area (TPSA) is 48.0 Å². The monoisotopic (exact) mass is 314 g/mol. The van der Waals surface area contributed by atoms with Crippen LogP contribution in [0.5, 0.6) is 0 Å². The van der Waals surface area contributed by atoms with Gasteiger partial charge in [0.1, 0.15) is 10.9 Å². The third-order valence-corrected chi connectivity index (χ3v) is 4.01. The van der Waals surface area contributed by atoms with Crippen LogP contribution in [-0.2, 0) is 6.54 Å². The molecule has 4 nitrogen and oxygen atoms in total. The van der Waals surface area contributed by atoms with E-state index in [0.717, 1.165) is 22.4 Å². The van der Waals surface area contributed by atoms with E-state index in [-0.39, 0.29) is 5.56 Å². The van der Waals surface area contributed by atoms with E-state index in [2.05, 4.69) is 5.16 Å². The number of hydrogen-bond donors (Lipinski definition) is 0. The molecule has 0 bridgehead atoms. The van der Waals surface area contributed by atoms with Gasteiger partial charge in [0.25, 0.3) is 5.56 Å². The summed E-state index contributed by atoms with van der Waals surface area (Å²) in [4.78, 5) is 12.2. The van der Waals surface area contributed by atoms with Crippen LogP contribution in [0.25, 0.3) is 11.1 Å². The molecule has 0 spiro atoms. The zero-order valence-electron chi connectivity index (χ0n) is 12.3. The van der Waals surface area contributed by atoms with Gasteiger partial charge in [-0.3, -0.25) is 9.36 Å². The van der Waals surface area contributed by atoms with Crippen LogP contribution in [0.4, 0.5) is 0 Å². The molecule has 0 aliphatic heterocycles. The van der Waals surface area contributed by atoms with Crippen molar-refractivity contribution in [2.75, 3.05) is 0 Å². The van der Waals surface area contributed by atoms with Crippen LogP contribution in [-0.4, -0.2) is 9.72 Å². The highest BCUT2D eigenvalue weighted by Crippen LogP contribution is 2.31. The summed E-state index contributed by atoms with van der Waals surface area (Å²) in [5.74, 6) is 0.685. The van der Waals surface area contributed by atoms with Crippen molar-refractivity contribution in [3.63, 3.8) is 0 Å². The maximum Gasteiger partial charge on any atom is 0.251 e. The first kappa shape index (κ1) is 14.6. The second-order valence-corrected chi connectivity index (χ2v) is 5.50. The summed E-state index contributed by atoms with van der Waals surface area (Å²) in [5.41, 5.74) is 3.23. The van der Waals surface area contributed by atoms with Crippen LogP contribution < -0.4 is 5.56 Å². The Bertz CT molecular complexity index is 847. The minimum absolute atomic E-state index is 0.135. The fourth-order valence-corrected chi connectivity index (χ4v) is 2.82. The van der Waals surface area contributed by atoms with Crippen molar-refractivity contribution in [1.29, 1.82) is 0 Å². The van der Waals surface area contributed by atoms with E-state index in [1.165, 1.54) is 6.07 Å². The number of aryl methyl sites for hydroxylation is 2. The largest absolute Gasteiger partial charge is 0.361 e. The van der Waals surface area contributed by atoms with E-state index < -0.39 is 0 Å². The fraction of sp³-hybridized carbons (Fsp3) is 0.176. The molecular formula is C17H15ClN2O2. The predicted molar refractivity (Wildman–Crippen MR) is 86.2 cm³/mol. The lowest BCUT2D eigenvalue weighted by molar-refractivity contribution is 0.393. The molecule has 5 heteroatoms. The highest BCUT2D eigenvalue weighted by molar-refractivity contribution is 6.32. The summed E-state index contributed by atoms with van der Waals surface area (Å²) in [5, 5.41) is 4.34. The Morgan fingerprint density at radius 2 is 1.86 bits per heavy atom. The maximum atomic E-state index is 12.2. The van der Waals surface area contributed by atoms with E-state index in [0.29, 0.717) is 17.5 Å². The summed E-state index contributed by atoms with van der Waals surface area (Å²) in [6, 6.07) is 13.0. The number of pyridine rings is 1. The fourth-order valence-electron chi connectivity index (χ4n) is 2.52. The molecule has 0 amide bonds. The second-order valence-electron chi connectivity index (χ2n) is 5.15. The van der Waals surface area contributed by atoms with Crippen LogP contribution in [0.15, 0.2) is 51.8 Å². The van der Waals surface area contributed by atoms with Gasteiger partial charge in [0.15, 0.2) is 0 Å². The van der Waals surface area contributed by atoms with Gasteiger partial charge >= 0.3 is 0 Å². The Balaban J connectivity index is 2.13.